The number of nitrogens with two attached hydrogens (primary N) is 1. The number of halogens is 2. The van der Waals surface area contributed by atoms with Gasteiger partial charge in [-0.25, -0.2) is 0 Å². The van der Waals surface area contributed by atoms with Crippen LogP contribution in [-0.4, -0.2) is 72.6 Å². The van der Waals surface area contributed by atoms with Gasteiger partial charge in [-0.2, -0.15) is 0 Å². The first-order chi connectivity index (χ1) is 16.2. The van der Waals surface area contributed by atoms with Crippen LogP contribution in [0.1, 0.15) is 51.9 Å². The topological polar surface area (TPSA) is 97.1 Å². The van der Waals surface area contributed by atoms with Gasteiger partial charge in [-0.1, -0.05) is 19.8 Å². The largest absolute Gasteiger partial charge is 0.489 e. The minimum Gasteiger partial charge on any atom is -0.489 e. The average Bonchev–Trinajstić information content (AvgIpc) is 3.36. The standard InChI is InChI=1S/C25H35Cl2NO6/c1-12-8-16-13(10-24(11-28,33-16)14-6-4-5-7-15(14)26)22(29)25(12)23(30)19-17(31-2)9-18(32-3)20(27)21(19)34-25/h12,14-15,17-21H,4-11,28H2,1-3H3/t12-,14?,15?,17?,18?,19?,20?,21?,24-,25+/m1/s1. The van der Waals surface area contributed by atoms with Crippen LogP contribution in [0.4, 0.5) is 0 Å². The number of alkyl halides is 2. The highest BCUT2D eigenvalue weighted by molar-refractivity contribution is 6.24. The highest BCUT2D eigenvalue weighted by Crippen LogP contribution is 2.56. The Bertz CT molecular complexity index is 897. The molecule has 0 radical (unpaired) electrons. The van der Waals surface area contributed by atoms with E-state index >= 15 is 0 Å². The Morgan fingerprint density at radius 1 is 1.12 bits per heavy atom. The van der Waals surface area contributed by atoms with Crippen molar-refractivity contribution in [3.63, 3.8) is 0 Å². The number of hydrogen-bond acceptors (Lipinski definition) is 7. The average molecular weight is 516 g/mol. The third-order valence-corrected chi connectivity index (χ3v) is 10.2. The molecule has 5 rings (SSSR count). The Hall–Kier alpha value is -0.700. The minimum absolute atomic E-state index is 0.0437. The highest BCUT2D eigenvalue weighted by Gasteiger charge is 2.69. The molecule has 2 aliphatic heterocycles. The summed E-state index contributed by atoms with van der Waals surface area (Å²) in [5, 5.41) is -0.597. The summed E-state index contributed by atoms with van der Waals surface area (Å²) >= 11 is 13.5. The predicted octanol–water partition coefficient (Wildman–Crippen LogP) is 3.13. The van der Waals surface area contributed by atoms with Crippen LogP contribution >= 0.6 is 23.2 Å². The summed E-state index contributed by atoms with van der Waals surface area (Å²) in [6, 6.07) is 0. The van der Waals surface area contributed by atoms with Gasteiger partial charge in [0.15, 0.2) is 11.4 Å². The Labute approximate surface area is 211 Å². The summed E-state index contributed by atoms with van der Waals surface area (Å²) in [6.45, 7) is 2.15. The van der Waals surface area contributed by atoms with E-state index in [9.17, 15) is 9.59 Å². The Balaban J connectivity index is 1.48. The summed E-state index contributed by atoms with van der Waals surface area (Å²) < 4.78 is 24.2. The van der Waals surface area contributed by atoms with Crippen LogP contribution in [0.3, 0.4) is 0 Å². The van der Waals surface area contributed by atoms with Crippen LogP contribution < -0.4 is 5.73 Å². The van der Waals surface area contributed by atoms with Crippen molar-refractivity contribution in [1.29, 1.82) is 0 Å². The van der Waals surface area contributed by atoms with E-state index in [0.29, 0.717) is 30.6 Å². The Kier molecular flexibility index (Phi) is 6.61. The molecule has 0 aromatic heterocycles. The number of carbonyl (C=O) groups is 2. The molecule has 5 aliphatic rings. The summed E-state index contributed by atoms with van der Waals surface area (Å²) in [6.07, 6.45) is 3.86. The van der Waals surface area contributed by atoms with E-state index in [1.807, 2.05) is 6.92 Å². The molecule has 1 saturated heterocycles. The van der Waals surface area contributed by atoms with E-state index in [1.54, 1.807) is 14.2 Å². The van der Waals surface area contributed by atoms with Crippen molar-refractivity contribution >= 4 is 34.8 Å². The van der Waals surface area contributed by atoms with Crippen molar-refractivity contribution in [3.8, 4) is 0 Å². The van der Waals surface area contributed by atoms with Crippen LogP contribution in [0, 0.1) is 17.8 Å². The first-order valence-electron chi connectivity index (χ1n) is 12.5. The fourth-order valence-electron chi connectivity index (χ4n) is 7.23. The zero-order chi connectivity index (χ0) is 24.4. The molecule has 0 aromatic rings. The molecule has 2 heterocycles. The number of ether oxygens (including phenoxy) is 4. The molecule has 190 valence electrons. The number of hydrogen-bond donors (Lipinski definition) is 1. The molecule has 10 atom stereocenters. The summed E-state index contributed by atoms with van der Waals surface area (Å²) in [4.78, 5) is 28.1. The van der Waals surface area contributed by atoms with Gasteiger partial charge in [0.25, 0.3) is 0 Å². The number of methoxy groups -OCH3 is 2. The van der Waals surface area contributed by atoms with Crippen molar-refractivity contribution in [2.75, 3.05) is 20.8 Å². The quantitative estimate of drug-likeness (QED) is 0.453. The van der Waals surface area contributed by atoms with E-state index in [1.165, 1.54) is 0 Å². The monoisotopic (exact) mass is 515 g/mol. The lowest BCUT2D eigenvalue weighted by Gasteiger charge is -2.41. The highest BCUT2D eigenvalue weighted by atomic mass is 35.5. The summed E-state index contributed by atoms with van der Waals surface area (Å²) in [5.74, 6) is -0.828. The molecular weight excluding hydrogens is 481 g/mol. The molecule has 3 fully saturated rings. The molecule has 3 aliphatic carbocycles. The summed E-state index contributed by atoms with van der Waals surface area (Å²) in [5.41, 5.74) is 4.52. The second-order valence-electron chi connectivity index (χ2n) is 10.7. The first kappa shape index (κ1) is 25.0. The smallest absolute Gasteiger partial charge is 0.202 e. The van der Waals surface area contributed by atoms with E-state index < -0.39 is 40.6 Å². The molecule has 34 heavy (non-hydrogen) atoms. The van der Waals surface area contributed by atoms with Gasteiger partial charge in [-0.05, 0) is 12.8 Å². The van der Waals surface area contributed by atoms with Crippen LogP contribution in [-0.2, 0) is 28.5 Å². The maximum absolute atomic E-state index is 14.1. The molecule has 2 saturated carbocycles. The van der Waals surface area contributed by atoms with Crippen LogP contribution in [0.5, 0.6) is 0 Å². The van der Waals surface area contributed by atoms with E-state index in [-0.39, 0.29) is 35.5 Å². The van der Waals surface area contributed by atoms with E-state index in [0.717, 1.165) is 25.7 Å². The van der Waals surface area contributed by atoms with Crippen LogP contribution in [0.2, 0.25) is 0 Å². The van der Waals surface area contributed by atoms with Crippen molar-refractivity contribution in [1.82, 2.24) is 0 Å². The lowest BCUT2D eigenvalue weighted by molar-refractivity contribution is -0.159. The molecule has 7 nitrogen and oxygen atoms in total. The number of fused-ring (bicyclic) bond motifs is 1. The van der Waals surface area contributed by atoms with Gasteiger partial charge < -0.3 is 24.7 Å². The lowest BCUT2D eigenvalue weighted by Crippen LogP contribution is -2.55. The molecule has 1 spiro atoms. The van der Waals surface area contributed by atoms with Crippen molar-refractivity contribution < 1.29 is 28.5 Å². The number of rotatable bonds is 4. The second-order valence-corrected chi connectivity index (χ2v) is 11.8. The number of carbonyl (C=O) groups excluding carboxylic acids is 2. The van der Waals surface area contributed by atoms with Crippen LogP contribution in [0.15, 0.2) is 11.3 Å². The van der Waals surface area contributed by atoms with Gasteiger partial charge in [0, 0.05) is 62.8 Å². The van der Waals surface area contributed by atoms with Gasteiger partial charge in [0.2, 0.25) is 5.78 Å². The predicted molar refractivity (Wildman–Crippen MR) is 127 cm³/mol. The first-order valence-corrected chi connectivity index (χ1v) is 13.3. The Morgan fingerprint density at radius 3 is 2.47 bits per heavy atom. The van der Waals surface area contributed by atoms with Crippen molar-refractivity contribution in [3.05, 3.63) is 11.3 Å². The zero-order valence-electron chi connectivity index (χ0n) is 20.1. The van der Waals surface area contributed by atoms with E-state index in [2.05, 4.69) is 0 Å². The normalized spacial score (nSPS) is 48.8. The van der Waals surface area contributed by atoms with Gasteiger partial charge >= 0.3 is 0 Å². The number of ketones is 2. The van der Waals surface area contributed by atoms with Gasteiger partial charge in [-0.3, -0.25) is 9.59 Å². The van der Waals surface area contributed by atoms with E-state index in [4.69, 9.17) is 47.9 Å². The zero-order valence-corrected chi connectivity index (χ0v) is 21.6. The maximum Gasteiger partial charge on any atom is 0.202 e. The molecule has 0 aromatic carbocycles. The summed E-state index contributed by atoms with van der Waals surface area (Å²) in [7, 11) is 3.16. The number of Topliss-reactive ketones (excluding diaryl/α,β-unsaturated/α-hetero) is 2. The van der Waals surface area contributed by atoms with Crippen molar-refractivity contribution in [2.24, 2.45) is 23.5 Å². The SMILES string of the molecule is COC1CC(OC)C2C(=O)[C@@]3(OC2C1Cl)C(=O)C1=C(C[C@H]3C)O[C@](CN)(C2CCCCC2Cl)C1. The van der Waals surface area contributed by atoms with Crippen LogP contribution in [0.25, 0.3) is 0 Å². The van der Waals surface area contributed by atoms with Gasteiger partial charge in [0.1, 0.15) is 11.4 Å². The molecule has 7 unspecified atom stereocenters. The third-order valence-electron chi connectivity index (χ3n) is 9.12. The third kappa shape index (κ3) is 3.37. The van der Waals surface area contributed by atoms with Crippen molar-refractivity contribution in [2.45, 2.75) is 92.1 Å². The number of allylic oxidation sites excluding steroid dienone is 1. The fraction of sp³-hybridized carbons (Fsp3) is 0.840. The van der Waals surface area contributed by atoms with Gasteiger partial charge in [-0.15, -0.1) is 23.2 Å². The molecule has 0 bridgehead atoms. The van der Waals surface area contributed by atoms with Gasteiger partial charge in [0.05, 0.1) is 29.6 Å². The Morgan fingerprint density at radius 2 is 1.82 bits per heavy atom. The molecule has 2 N–H and O–H groups in total. The minimum atomic E-state index is -1.58. The molecule has 9 heteroatoms. The second kappa shape index (κ2) is 9.00. The fourth-order valence-corrected chi connectivity index (χ4v) is 8.15. The molecular formula is C25H35Cl2NO6. The molecule has 0 amide bonds. The lowest BCUT2D eigenvalue weighted by atomic mass is 9.67. The maximum atomic E-state index is 14.1.